The van der Waals surface area contributed by atoms with E-state index in [2.05, 4.69) is 26.2 Å². The van der Waals surface area contributed by atoms with E-state index >= 15 is 0 Å². The van der Waals surface area contributed by atoms with E-state index in [4.69, 9.17) is 0 Å². The lowest BCUT2D eigenvalue weighted by Gasteiger charge is -2.38. The first-order valence-electron chi connectivity index (χ1n) is 7.49. The van der Waals surface area contributed by atoms with Crippen molar-refractivity contribution < 1.29 is 0 Å². The second kappa shape index (κ2) is 7.14. The van der Waals surface area contributed by atoms with Gasteiger partial charge in [-0.15, -0.1) is 12.4 Å². The summed E-state index contributed by atoms with van der Waals surface area (Å²) in [7, 11) is 1.96. The fourth-order valence-electron chi connectivity index (χ4n) is 3.33. The second-order valence-corrected chi connectivity index (χ2v) is 5.61. The average molecular weight is 297 g/mol. The van der Waals surface area contributed by atoms with Gasteiger partial charge in [-0.25, -0.2) is 4.98 Å². The Morgan fingerprint density at radius 2 is 1.85 bits per heavy atom. The third-order valence-corrected chi connectivity index (χ3v) is 4.51. The fraction of sp³-hybridized carbons (Fsp3) is 0.667. The van der Waals surface area contributed by atoms with Crippen LogP contribution in [-0.2, 0) is 0 Å². The zero-order valence-electron chi connectivity index (χ0n) is 12.2. The maximum absolute atomic E-state index is 4.50. The average Bonchev–Trinajstić information content (AvgIpc) is 3.02. The molecule has 1 aliphatic carbocycles. The van der Waals surface area contributed by atoms with Gasteiger partial charge in [-0.05, 0) is 18.9 Å². The molecule has 0 amide bonds. The molecule has 2 fully saturated rings. The summed E-state index contributed by atoms with van der Waals surface area (Å²) in [6.07, 6.45) is 7.57. The number of aromatic nitrogens is 1. The summed E-state index contributed by atoms with van der Waals surface area (Å²) in [5.74, 6) is 1.11. The van der Waals surface area contributed by atoms with Crippen molar-refractivity contribution in [3.8, 4) is 0 Å². The number of nitrogens with zero attached hydrogens (tertiary/aromatic N) is 3. The molecule has 5 heteroatoms. The van der Waals surface area contributed by atoms with Crippen LogP contribution in [0.1, 0.15) is 25.7 Å². The van der Waals surface area contributed by atoms with E-state index in [0.29, 0.717) is 0 Å². The number of piperazine rings is 1. The Hall–Kier alpha value is -1.00. The molecule has 4 nitrogen and oxygen atoms in total. The molecule has 0 spiro atoms. The number of halogens is 1. The minimum atomic E-state index is 0. The molecule has 1 aliphatic heterocycles. The van der Waals surface area contributed by atoms with Gasteiger partial charge in [-0.2, -0.15) is 0 Å². The largest absolute Gasteiger partial charge is 0.388 e. The van der Waals surface area contributed by atoms with Crippen LogP contribution in [0.5, 0.6) is 0 Å². The highest BCUT2D eigenvalue weighted by atomic mass is 35.5. The molecule has 1 aromatic heterocycles. The highest BCUT2D eigenvalue weighted by Gasteiger charge is 2.26. The molecule has 112 valence electrons. The molecule has 1 saturated heterocycles. The van der Waals surface area contributed by atoms with Crippen molar-refractivity contribution >= 4 is 23.9 Å². The highest BCUT2D eigenvalue weighted by Crippen LogP contribution is 2.25. The molecule has 2 aliphatic rings. The molecule has 1 saturated carbocycles. The Morgan fingerprint density at radius 3 is 2.50 bits per heavy atom. The van der Waals surface area contributed by atoms with Crippen molar-refractivity contribution in [2.75, 3.05) is 43.4 Å². The SMILES string of the molecule is CNc1ccnc(N2CCN(C3CCCC3)CC2)c1.Cl. The van der Waals surface area contributed by atoms with Crippen LogP contribution < -0.4 is 10.2 Å². The van der Waals surface area contributed by atoms with Crippen molar-refractivity contribution in [3.63, 3.8) is 0 Å². The normalized spacial score (nSPS) is 20.8. The quantitative estimate of drug-likeness (QED) is 0.929. The maximum atomic E-state index is 4.50. The van der Waals surface area contributed by atoms with Crippen molar-refractivity contribution in [2.45, 2.75) is 31.7 Å². The molecule has 20 heavy (non-hydrogen) atoms. The van der Waals surface area contributed by atoms with Crippen LogP contribution in [-0.4, -0.2) is 49.2 Å². The summed E-state index contributed by atoms with van der Waals surface area (Å²) in [5, 5.41) is 3.18. The molecule has 3 rings (SSSR count). The predicted octanol–water partition coefficient (Wildman–Crippen LogP) is 2.61. The highest BCUT2D eigenvalue weighted by molar-refractivity contribution is 5.85. The van der Waals surface area contributed by atoms with Crippen LogP contribution in [0, 0.1) is 0 Å². The van der Waals surface area contributed by atoms with E-state index in [9.17, 15) is 0 Å². The van der Waals surface area contributed by atoms with Crippen LogP contribution >= 0.6 is 12.4 Å². The fourth-order valence-corrected chi connectivity index (χ4v) is 3.33. The van der Waals surface area contributed by atoms with Crippen LogP contribution in [0.4, 0.5) is 11.5 Å². The van der Waals surface area contributed by atoms with E-state index in [0.717, 1.165) is 30.6 Å². The van der Waals surface area contributed by atoms with Crippen molar-refractivity contribution in [3.05, 3.63) is 18.3 Å². The van der Waals surface area contributed by atoms with Crippen LogP contribution in [0.25, 0.3) is 0 Å². The van der Waals surface area contributed by atoms with E-state index in [1.165, 1.54) is 38.8 Å². The van der Waals surface area contributed by atoms with Crippen LogP contribution in [0.2, 0.25) is 0 Å². The smallest absolute Gasteiger partial charge is 0.130 e. The summed E-state index contributed by atoms with van der Waals surface area (Å²) < 4.78 is 0. The number of hydrogen-bond acceptors (Lipinski definition) is 4. The number of rotatable bonds is 3. The second-order valence-electron chi connectivity index (χ2n) is 5.61. The van der Waals surface area contributed by atoms with Gasteiger partial charge in [-0.3, -0.25) is 4.90 Å². The topological polar surface area (TPSA) is 31.4 Å². The molecule has 1 aromatic rings. The van der Waals surface area contributed by atoms with Gasteiger partial charge < -0.3 is 10.2 Å². The first kappa shape index (κ1) is 15.4. The zero-order valence-corrected chi connectivity index (χ0v) is 13.0. The first-order valence-corrected chi connectivity index (χ1v) is 7.49. The molecule has 0 aromatic carbocycles. The van der Waals surface area contributed by atoms with Gasteiger partial charge in [0.05, 0.1) is 0 Å². The summed E-state index contributed by atoms with van der Waals surface area (Å²) in [4.78, 5) is 9.60. The maximum Gasteiger partial charge on any atom is 0.130 e. The zero-order chi connectivity index (χ0) is 13.1. The summed E-state index contributed by atoms with van der Waals surface area (Å²) in [5.41, 5.74) is 1.14. The van der Waals surface area contributed by atoms with E-state index in [-0.39, 0.29) is 12.4 Å². The molecule has 2 heterocycles. The van der Waals surface area contributed by atoms with Crippen molar-refractivity contribution in [2.24, 2.45) is 0 Å². The van der Waals surface area contributed by atoms with Crippen molar-refractivity contribution in [1.82, 2.24) is 9.88 Å². The Bertz CT molecular complexity index is 412. The molecule has 0 unspecified atom stereocenters. The Balaban J connectivity index is 0.00000147. The first-order chi connectivity index (χ1) is 9.36. The van der Waals surface area contributed by atoms with Gasteiger partial charge in [-0.1, -0.05) is 12.8 Å². The predicted molar refractivity (Wildman–Crippen MR) is 87.1 cm³/mol. The summed E-state index contributed by atoms with van der Waals surface area (Å²) in [6, 6.07) is 5.02. The summed E-state index contributed by atoms with van der Waals surface area (Å²) in [6.45, 7) is 4.60. The van der Waals surface area contributed by atoms with Gasteiger partial charge in [0.15, 0.2) is 0 Å². The number of pyridine rings is 1. The minimum Gasteiger partial charge on any atom is -0.388 e. The molecular weight excluding hydrogens is 272 g/mol. The van der Waals surface area contributed by atoms with Gasteiger partial charge in [0.1, 0.15) is 5.82 Å². The van der Waals surface area contributed by atoms with E-state index < -0.39 is 0 Å². The standard InChI is InChI=1S/C15H24N4.ClH/c1-16-13-6-7-17-15(12-13)19-10-8-18(9-11-19)14-4-2-3-5-14;/h6-7,12,14H,2-5,8-11H2,1H3,(H,16,17);1H. The minimum absolute atomic E-state index is 0. The van der Waals surface area contributed by atoms with Gasteiger partial charge in [0.2, 0.25) is 0 Å². The van der Waals surface area contributed by atoms with Crippen LogP contribution in [0.3, 0.4) is 0 Å². The molecular formula is C15H25ClN4. The van der Waals surface area contributed by atoms with Gasteiger partial charge in [0.25, 0.3) is 0 Å². The Morgan fingerprint density at radius 1 is 1.15 bits per heavy atom. The summed E-state index contributed by atoms with van der Waals surface area (Å²) >= 11 is 0. The van der Waals surface area contributed by atoms with E-state index in [1.54, 1.807) is 0 Å². The third kappa shape index (κ3) is 3.36. The number of hydrogen-bond donors (Lipinski definition) is 1. The lowest BCUT2D eigenvalue weighted by Crippen LogP contribution is -2.50. The van der Waals surface area contributed by atoms with E-state index in [1.807, 2.05) is 19.3 Å². The van der Waals surface area contributed by atoms with Gasteiger partial charge in [0, 0.05) is 57.2 Å². The lowest BCUT2D eigenvalue weighted by atomic mass is 10.2. The number of nitrogens with one attached hydrogen (secondary N) is 1. The molecule has 0 atom stereocenters. The lowest BCUT2D eigenvalue weighted by molar-refractivity contribution is 0.187. The van der Waals surface area contributed by atoms with Crippen LogP contribution in [0.15, 0.2) is 18.3 Å². The molecule has 0 bridgehead atoms. The van der Waals surface area contributed by atoms with Gasteiger partial charge >= 0.3 is 0 Å². The number of anilines is 2. The molecule has 0 radical (unpaired) electrons. The monoisotopic (exact) mass is 296 g/mol. The Kier molecular flexibility index (Phi) is 5.49. The molecule has 1 N–H and O–H groups in total. The third-order valence-electron chi connectivity index (χ3n) is 4.51. The van der Waals surface area contributed by atoms with Crippen molar-refractivity contribution in [1.29, 1.82) is 0 Å². The Labute approximate surface area is 128 Å².